The van der Waals surface area contributed by atoms with Crippen LogP contribution in [0, 0.1) is 0 Å². The van der Waals surface area contributed by atoms with E-state index in [0.717, 1.165) is 24.3 Å². The molecule has 0 unspecified atom stereocenters. The van der Waals surface area contributed by atoms with Crippen molar-refractivity contribution in [2.24, 2.45) is 0 Å². The van der Waals surface area contributed by atoms with Crippen molar-refractivity contribution in [3.05, 3.63) is 60.8 Å². The van der Waals surface area contributed by atoms with Gasteiger partial charge in [-0.3, -0.25) is 9.58 Å². The first kappa shape index (κ1) is 17.0. The van der Waals surface area contributed by atoms with Crippen LogP contribution >= 0.6 is 0 Å². The standard InChI is InChI=1S/C21H27N5/c1-18(24-10-6-3-7-11-24)14-25-17-22-13-21(25)20-12-23-26(16-20)15-19-8-4-2-5-9-19/h2,4-5,8-9,12-13,16-18H,3,6-7,10-11,14-15H2,1H3/t18-/m0/s1. The SMILES string of the molecule is C[C@@H](Cn1cncc1-c1cnn(Cc2ccccc2)c1)N1CCCCC1. The first-order chi connectivity index (χ1) is 12.8. The van der Waals surface area contributed by atoms with E-state index < -0.39 is 0 Å². The number of hydrogen-bond donors (Lipinski definition) is 0. The Labute approximate surface area is 155 Å². The summed E-state index contributed by atoms with van der Waals surface area (Å²) in [6.07, 6.45) is 12.0. The Bertz CT molecular complexity index is 814. The minimum absolute atomic E-state index is 0.530. The Morgan fingerprint density at radius 2 is 1.85 bits per heavy atom. The lowest BCUT2D eigenvalue weighted by Crippen LogP contribution is -2.39. The van der Waals surface area contributed by atoms with E-state index in [0.29, 0.717) is 6.04 Å². The molecule has 1 fully saturated rings. The Kier molecular flexibility index (Phi) is 5.16. The van der Waals surface area contributed by atoms with E-state index in [1.54, 1.807) is 0 Å². The summed E-state index contributed by atoms with van der Waals surface area (Å²) in [5.74, 6) is 0. The van der Waals surface area contributed by atoms with Gasteiger partial charge in [0.2, 0.25) is 0 Å². The van der Waals surface area contributed by atoms with Gasteiger partial charge in [0.25, 0.3) is 0 Å². The second-order valence-electron chi connectivity index (χ2n) is 7.29. The van der Waals surface area contributed by atoms with Crippen molar-refractivity contribution in [3.8, 4) is 11.3 Å². The molecule has 0 bridgehead atoms. The van der Waals surface area contributed by atoms with Gasteiger partial charge in [0, 0.05) is 24.3 Å². The highest BCUT2D eigenvalue weighted by Crippen LogP contribution is 2.21. The molecule has 1 saturated heterocycles. The van der Waals surface area contributed by atoms with Crippen molar-refractivity contribution in [1.29, 1.82) is 0 Å². The molecule has 26 heavy (non-hydrogen) atoms. The van der Waals surface area contributed by atoms with E-state index in [2.05, 4.69) is 56.9 Å². The third kappa shape index (κ3) is 3.88. The smallest absolute Gasteiger partial charge is 0.0951 e. The van der Waals surface area contributed by atoms with Crippen molar-refractivity contribution in [2.75, 3.05) is 13.1 Å². The second kappa shape index (κ2) is 7.87. The van der Waals surface area contributed by atoms with Crippen LogP contribution in [-0.4, -0.2) is 43.4 Å². The molecule has 3 aromatic rings. The van der Waals surface area contributed by atoms with Crippen LogP contribution in [0.1, 0.15) is 31.7 Å². The van der Waals surface area contributed by atoms with Gasteiger partial charge >= 0.3 is 0 Å². The number of imidazole rings is 1. The summed E-state index contributed by atoms with van der Waals surface area (Å²) in [6, 6.07) is 11.0. The lowest BCUT2D eigenvalue weighted by Gasteiger charge is -2.32. The molecule has 2 aromatic heterocycles. The van der Waals surface area contributed by atoms with E-state index in [9.17, 15) is 0 Å². The molecule has 0 saturated carbocycles. The van der Waals surface area contributed by atoms with Crippen LogP contribution in [0.25, 0.3) is 11.3 Å². The monoisotopic (exact) mass is 349 g/mol. The van der Waals surface area contributed by atoms with Crippen molar-refractivity contribution >= 4 is 0 Å². The molecule has 1 aliphatic heterocycles. The summed E-state index contributed by atoms with van der Waals surface area (Å²) >= 11 is 0. The van der Waals surface area contributed by atoms with Gasteiger partial charge in [-0.1, -0.05) is 36.8 Å². The summed E-state index contributed by atoms with van der Waals surface area (Å²) in [4.78, 5) is 7.00. The zero-order chi connectivity index (χ0) is 17.8. The zero-order valence-electron chi connectivity index (χ0n) is 15.5. The highest BCUT2D eigenvalue weighted by atomic mass is 15.3. The lowest BCUT2D eigenvalue weighted by atomic mass is 10.1. The van der Waals surface area contributed by atoms with E-state index in [1.165, 1.54) is 37.9 Å². The second-order valence-corrected chi connectivity index (χ2v) is 7.29. The van der Waals surface area contributed by atoms with Crippen LogP contribution in [0.5, 0.6) is 0 Å². The molecule has 0 N–H and O–H groups in total. The Hall–Kier alpha value is -2.40. The van der Waals surface area contributed by atoms with Gasteiger partial charge in [-0.15, -0.1) is 0 Å². The molecule has 0 aliphatic carbocycles. The third-order valence-electron chi connectivity index (χ3n) is 5.30. The topological polar surface area (TPSA) is 38.9 Å². The fourth-order valence-corrected chi connectivity index (χ4v) is 3.82. The highest BCUT2D eigenvalue weighted by molar-refractivity contribution is 5.56. The Morgan fingerprint density at radius 3 is 2.65 bits per heavy atom. The molecule has 5 heteroatoms. The fourth-order valence-electron chi connectivity index (χ4n) is 3.82. The highest BCUT2D eigenvalue weighted by Gasteiger charge is 2.18. The molecule has 0 radical (unpaired) electrons. The third-order valence-corrected chi connectivity index (χ3v) is 5.30. The lowest BCUT2D eigenvalue weighted by molar-refractivity contribution is 0.160. The summed E-state index contributed by atoms with van der Waals surface area (Å²) in [7, 11) is 0. The summed E-state index contributed by atoms with van der Waals surface area (Å²) < 4.78 is 4.26. The quantitative estimate of drug-likeness (QED) is 0.681. The van der Waals surface area contributed by atoms with Crippen molar-refractivity contribution in [1.82, 2.24) is 24.2 Å². The van der Waals surface area contributed by atoms with Crippen LogP contribution in [0.3, 0.4) is 0 Å². The molecule has 0 spiro atoms. The van der Waals surface area contributed by atoms with Gasteiger partial charge in [0.15, 0.2) is 0 Å². The first-order valence-electron chi connectivity index (χ1n) is 9.60. The van der Waals surface area contributed by atoms with Crippen molar-refractivity contribution in [2.45, 2.75) is 45.3 Å². The van der Waals surface area contributed by atoms with Gasteiger partial charge in [-0.25, -0.2) is 4.98 Å². The van der Waals surface area contributed by atoms with Gasteiger partial charge in [0.05, 0.1) is 31.0 Å². The van der Waals surface area contributed by atoms with Gasteiger partial charge < -0.3 is 4.57 Å². The normalized spacial score (nSPS) is 16.7. The summed E-state index contributed by atoms with van der Waals surface area (Å²) in [6.45, 7) is 6.53. The maximum absolute atomic E-state index is 4.54. The van der Waals surface area contributed by atoms with E-state index in [4.69, 9.17) is 0 Å². The van der Waals surface area contributed by atoms with E-state index >= 15 is 0 Å². The van der Waals surface area contributed by atoms with Crippen LogP contribution < -0.4 is 0 Å². The Balaban J connectivity index is 1.46. The Morgan fingerprint density at radius 1 is 1.04 bits per heavy atom. The average Bonchev–Trinajstić information content (AvgIpc) is 3.32. The molecule has 4 rings (SSSR count). The number of rotatable bonds is 6. The first-order valence-corrected chi connectivity index (χ1v) is 9.60. The van der Waals surface area contributed by atoms with Gasteiger partial charge in [0.1, 0.15) is 0 Å². The fraction of sp³-hybridized carbons (Fsp3) is 0.429. The van der Waals surface area contributed by atoms with Crippen molar-refractivity contribution < 1.29 is 0 Å². The molecule has 3 heterocycles. The molecule has 136 valence electrons. The van der Waals surface area contributed by atoms with Crippen molar-refractivity contribution in [3.63, 3.8) is 0 Å². The molecule has 1 atom stereocenters. The number of piperidine rings is 1. The maximum atomic E-state index is 4.54. The number of nitrogens with zero attached hydrogens (tertiary/aromatic N) is 5. The largest absolute Gasteiger partial charge is 0.329 e. The molecule has 1 aromatic carbocycles. The van der Waals surface area contributed by atoms with E-state index in [1.807, 2.05) is 29.5 Å². The van der Waals surface area contributed by atoms with Crippen LogP contribution in [0.4, 0.5) is 0 Å². The molecule has 1 aliphatic rings. The minimum Gasteiger partial charge on any atom is -0.329 e. The zero-order valence-corrected chi connectivity index (χ0v) is 15.5. The predicted octanol–water partition coefficient (Wildman–Crippen LogP) is 3.67. The van der Waals surface area contributed by atoms with Gasteiger partial charge in [-0.2, -0.15) is 5.10 Å². The summed E-state index contributed by atoms with van der Waals surface area (Å²) in [5, 5.41) is 4.54. The number of hydrogen-bond acceptors (Lipinski definition) is 3. The van der Waals surface area contributed by atoms with Gasteiger partial charge in [-0.05, 0) is 38.4 Å². The average molecular weight is 349 g/mol. The van der Waals surface area contributed by atoms with Crippen LogP contribution in [-0.2, 0) is 13.1 Å². The number of aromatic nitrogens is 4. The van der Waals surface area contributed by atoms with Crippen LogP contribution in [0.15, 0.2) is 55.2 Å². The molecular formula is C21H27N5. The number of likely N-dealkylation sites (tertiary alicyclic amines) is 1. The molecular weight excluding hydrogens is 322 g/mol. The minimum atomic E-state index is 0.530. The number of benzene rings is 1. The predicted molar refractivity (Wildman–Crippen MR) is 104 cm³/mol. The summed E-state index contributed by atoms with van der Waals surface area (Å²) in [5.41, 5.74) is 3.53. The molecule has 5 nitrogen and oxygen atoms in total. The van der Waals surface area contributed by atoms with E-state index in [-0.39, 0.29) is 0 Å². The molecule has 0 amide bonds. The van der Waals surface area contributed by atoms with Crippen LogP contribution in [0.2, 0.25) is 0 Å². The maximum Gasteiger partial charge on any atom is 0.0951 e.